The highest BCUT2D eigenvalue weighted by Crippen LogP contribution is 2.46. The first-order chi connectivity index (χ1) is 10.3. The minimum Gasteiger partial charge on any atom is -0.207 e. The first kappa shape index (κ1) is 15.5. The Labute approximate surface area is 134 Å². The van der Waals surface area contributed by atoms with Crippen LogP contribution in [-0.2, 0) is 15.6 Å². The van der Waals surface area contributed by atoms with E-state index in [1.54, 1.807) is 19.1 Å². The molecule has 3 nitrogen and oxygen atoms in total. The van der Waals surface area contributed by atoms with E-state index < -0.39 is 21.4 Å². The first-order valence-electron chi connectivity index (χ1n) is 6.89. The molecule has 0 radical (unpaired) electrons. The van der Waals surface area contributed by atoms with Gasteiger partial charge in [-0.3, -0.25) is 0 Å². The highest BCUT2D eigenvalue weighted by Gasteiger charge is 2.47. The Kier molecular flexibility index (Phi) is 3.75. The summed E-state index contributed by atoms with van der Waals surface area (Å²) in [6.45, 7) is 1.54. The molecule has 1 saturated carbocycles. The molecule has 0 heterocycles. The second kappa shape index (κ2) is 5.33. The number of sulfonamides is 1. The Morgan fingerprint density at radius 2 is 1.77 bits per heavy atom. The molecule has 0 amide bonds. The number of hydrogen-bond acceptors (Lipinski definition) is 2. The zero-order valence-electron chi connectivity index (χ0n) is 11.9. The smallest absolute Gasteiger partial charge is 0.207 e. The Balaban J connectivity index is 1.91. The van der Waals surface area contributed by atoms with Crippen LogP contribution in [0, 0.1) is 12.7 Å². The summed E-state index contributed by atoms with van der Waals surface area (Å²) in [4.78, 5) is 0.0756. The number of aryl methyl sites for hydroxylation is 1. The highest BCUT2D eigenvalue weighted by molar-refractivity contribution is 7.89. The van der Waals surface area contributed by atoms with Crippen LogP contribution < -0.4 is 4.72 Å². The molecule has 0 bridgehead atoms. The van der Waals surface area contributed by atoms with E-state index in [2.05, 4.69) is 4.72 Å². The number of benzene rings is 2. The van der Waals surface area contributed by atoms with Crippen molar-refractivity contribution in [2.45, 2.75) is 30.2 Å². The van der Waals surface area contributed by atoms with Gasteiger partial charge in [-0.25, -0.2) is 17.5 Å². The lowest BCUT2D eigenvalue weighted by atomic mass is 10.1. The fourth-order valence-corrected chi connectivity index (χ4v) is 4.10. The summed E-state index contributed by atoms with van der Waals surface area (Å²) in [7, 11) is -3.70. The third kappa shape index (κ3) is 2.89. The van der Waals surface area contributed by atoms with E-state index >= 15 is 0 Å². The van der Waals surface area contributed by atoms with Gasteiger partial charge in [-0.2, -0.15) is 0 Å². The molecule has 0 aromatic heterocycles. The molecule has 1 aliphatic rings. The number of halogens is 2. The van der Waals surface area contributed by atoms with Gasteiger partial charge in [-0.15, -0.1) is 0 Å². The lowest BCUT2D eigenvalue weighted by Crippen LogP contribution is -2.34. The second-order valence-corrected chi connectivity index (χ2v) is 7.72. The Morgan fingerprint density at radius 1 is 1.14 bits per heavy atom. The van der Waals surface area contributed by atoms with Gasteiger partial charge in [0.25, 0.3) is 0 Å². The summed E-state index contributed by atoms with van der Waals surface area (Å²) in [5, 5.41) is 0.608. The maximum atomic E-state index is 13.3. The van der Waals surface area contributed by atoms with Crippen molar-refractivity contribution in [1.82, 2.24) is 4.72 Å². The van der Waals surface area contributed by atoms with Crippen molar-refractivity contribution in [3.8, 4) is 0 Å². The third-order valence-electron chi connectivity index (χ3n) is 3.92. The summed E-state index contributed by atoms with van der Waals surface area (Å²) in [5.74, 6) is -0.419. The molecule has 0 unspecified atom stereocenters. The van der Waals surface area contributed by atoms with Gasteiger partial charge < -0.3 is 0 Å². The minimum absolute atomic E-state index is 0.0756. The van der Waals surface area contributed by atoms with E-state index in [1.165, 1.54) is 18.2 Å². The van der Waals surface area contributed by atoms with Gasteiger partial charge in [-0.05, 0) is 61.2 Å². The average molecular weight is 340 g/mol. The van der Waals surface area contributed by atoms with E-state index in [-0.39, 0.29) is 4.90 Å². The molecular weight excluding hydrogens is 325 g/mol. The van der Waals surface area contributed by atoms with E-state index in [4.69, 9.17) is 11.6 Å². The normalized spacial score (nSPS) is 16.5. The molecule has 3 rings (SSSR count). The maximum absolute atomic E-state index is 13.3. The molecule has 22 heavy (non-hydrogen) atoms. The zero-order valence-corrected chi connectivity index (χ0v) is 13.5. The molecule has 0 spiro atoms. The van der Waals surface area contributed by atoms with Crippen molar-refractivity contribution in [3.05, 3.63) is 64.4 Å². The topological polar surface area (TPSA) is 46.2 Å². The number of hydrogen-bond donors (Lipinski definition) is 1. The minimum atomic E-state index is -3.70. The Morgan fingerprint density at radius 3 is 2.32 bits per heavy atom. The van der Waals surface area contributed by atoms with Gasteiger partial charge in [0.05, 0.1) is 10.4 Å². The summed E-state index contributed by atoms with van der Waals surface area (Å²) < 4.78 is 41.1. The Bertz CT molecular complexity index is 815. The molecule has 1 aliphatic carbocycles. The van der Waals surface area contributed by atoms with Crippen molar-refractivity contribution in [2.24, 2.45) is 0 Å². The van der Waals surface area contributed by atoms with Crippen LogP contribution in [0.2, 0.25) is 5.02 Å². The first-order valence-corrected chi connectivity index (χ1v) is 8.75. The van der Waals surface area contributed by atoms with E-state index in [9.17, 15) is 12.8 Å². The third-order valence-corrected chi connectivity index (χ3v) is 5.70. The highest BCUT2D eigenvalue weighted by atomic mass is 35.5. The lowest BCUT2D eigenvalue weighted by molar-refractivity contribution is 0.551. The van der Waals surface area contributed by atoms with Crippen molar-refractivity contribution in [3.63, 3.8) is 0 Å². The van der Waals surface area contributed by atoms with Gasteiger partial charge >= 0.3 is 0 Å². The summed E-state index contributed by atoms with van der Waals surface area (Å²) in [6, 6.07) is 10.9. The zero-order chi connectivity index (χ0) is 16.0. The molecule has 0 atom stereocenters. The van der Waals surface area contributed by atoms with Crippen LogP contribution in [0.4, 0.5) is 4.39 Å². The fraction of sp³-hybridized carbons (Fsp3) is 0.250. The van der Waals surface area contributed by atoms with Crippen LogP contribution in [0.15, 0.2) is 47.4 Å². The van der Waals surface area contributed by atoms with Crippen LogP contribution in [-0.4, -0.2) is 8.42 Å². The van der Waals surface area contributed by atoms with Crippen LogP contribution in [0.25, 0.3) is 0 Å². The number of rotatable bonds is 4. The second-order valence-electron chi connectivity index (χ2n) is 5.61. The van der Waals surface area contributed by atoms with Crippen molar-refractivity contribution >= 4 is 21.6 Å². The molecular formula is C16H15ClFNO2S. The predicted molar refractivity (Wildman–Crippen MR) is 83.8 cm³/mol. The SMILES string of the molecule is Cc1cc(S(=O)(=O)NC2(c3ccc(Cl)cc3)CC2)ccc1F. The van der Waals surface area contributed by atoms with Gasteiger partial charge in [0, 0.05) is 5.02 Å². The van der Waals surface area contributed by atoms with Gasteiger partial charge in [0.1, 0.15) is 5.82 Å². The van der Waals surface area contributed by atoms with Gasteiger partial charge in [-0.1, -0.05) is 23.7 Å². The molecule has 1 fully saturated rings. The van der Waals surface area contributed by atoms with Crippen LogP contribution >= 0.6 is 11.6 Å². The van der Waals surface area contributed by atoms with Gasteiger partial charge in [0.2, 0.25) is 10.0 Å². The van der Waals surface area contributed by atoms with Crippen LogP contribution in [0.1, 0.15) is 24.0 Å². The fourth-order valence-electron chi connectivity index (χ4n) is 2.44. The van der Waals surface area contributed by atoms with Gasteiger partial charge in [0.15, 0.2) is 0 Å². The van der Waals surface area contributed by atoms with Crippen molar-refractivity contribution in [2.75, 3.05) is 0 Å². The quantitative estimate of drug-likeness (QED) is 0.922. The summed E-state index contributed by atoms with van der Waals surface area (Å²) >= 11 is 5.87. The lowest BCUT2D eigenvalue weighted by Gasteiger charge is -2.18. The van der Waals surface area contributed by atoms with Crippen molar-refractivity contribution < 1.29 is 12.8 Å². The summed E-state index contributed by atoms with van der Waals surface area (Å²) in [5.41, 5.74) is 0.615. The number of nitrogens with one attached hydrogen (secondary N) is 1. The monoisotopic (exact) mass is 339 g/mol. The Hall–Kier alpha value is -1.43. The molecule has 0 aliphatic heterocycles. The standard InChI is InChI=1S/C16H15ClFNO2S/c1-11-10-14(6-7-15(11)18)22(20,21)19-16(8-9-16)12-2-4-13(17)5-3-12/h2-7,10,19H,8-9H2,1H3. The van der Waals surface area contributed by atoms with E-state index in [0.29, 0.717) is 10.6 Å². The summed E-state index contributed by atoms with van der Waals surface area (Å²) in [6.07, 6.45) is 1.46. The van der Waals surface area contributed by atoms with Crippen LogP contribution in [0.5, 0.6) is 0 Å². The predicted octanol–water partition coefficient (Wildman–Crippen LogP) is 3.76. The maximum Gasteiger partial charge on any atom is 0.241 e. The van der Waals surface area contributed by atoms with E-state index in [1.807, 2.05) is 12.1 Å². The molecule has 2 aromatic rings. The van der Waals surface area contributed by atoms with Crippen LogP contribution in [0.3, 0.4) is 0 Å². The molecule has 6 heteroatoms. The molecule has 116 valence electrons. The molecule has 0 saturated heterocycles. The van der Waals surface area contributed by atoms with Crippen molar-refractivity contribution in [1.29, 1.82) is 0 Å². The largest absolute Gasteiger partial charge is 0.241 e. The molecule has 2 aromatic carbocycles. The average Bonchev–Trinajstić information content (AvgIpc) is 3.22. The van der Waals surface area contributed by atoms with E-state index in [0.717, 1.165) is 18.4 Å². The molecule has 1 N–H and O–H groups in total.